The van der Waals surface area contributed by atoms with Crippen LogP contribution in [0.5, 0.6) is 0 Å². The maximum Gasteiger partial charge on any atom is 0.265 e. The van der Waals surface area contributed by atoms with Crippen LogP contribution in [-0.4, -0.2) is 5.92 Å². The summed E-state index contributed by atoms with van der Waals surface area (Å²) in [4.78, 5) is 0. The third kappa shape index (κ3) is 2.92. The fraction of sp³-hybridized carbons (Fsp3) is 0.333. The Labute approximate surface area is 89.0 Å². The van der Waals surface area contributed by atoms with Gasteiger partial charge in [0, 0.05) is 11.4 Å². The molecule has 1 aromatic rings. The summed E-state index contributed by atoms with van der Waals surface area (Å²) in [5.74, 6) is -2.90. The third-order valence-corrected chi connectivity index (χ3v) is 2.71. The van der Waals surface area contributed by atoms with Crippen LogP contribution in [0.25, 0.3) is 0 Å². The summed E-state index contributed by atoms with van der Waals surface area (Å²) in [7, 11) is 0. The minimum atomic E-state index is -2.90. The first kappa shape index (κ1) is 10.9. The van der Waals surface area contributed by atoms with Gasteiger partial charge in [0.05, 0.1) is 0 Å². The number of alkyl halides is 3. The minimum Gasteiger partial charge on any atom is -0.205 e. The largest absolute Gasteiger partial charge is 0.265 e. The van der Waals surface area contributed by atoms with Gasteiger partial charge in [-0.25, -0.2) is 8.78 Å². The minimum absolute atomic E-state index is 0.420. The second kappa shape index (κ2) is 3.93. The van der Waals surface area contributed by atoms with Gasteiger partial charge in [0.2, 0.25) is 0 Å². The van der Waals surface area contributed by atoms with Crippen LogP contribution >= 0.6 is 27.5 Å². The Bertz CT molecular complexity index is 296. The van der Waals surface area contributed by atoms with E-state index in [1.807, 2.05) is 0 Å². The van der Waals surface area contributed by atoms with E-state index >= 15 is 0 Å². The molecular formula is C9H8BrClF2. The van der Waals surface area contributed by atoms with Crippen LogP contribution in [0.4, 0.5) is 8.78 Å². The zero-order valence-corrected chi connectivity index (χ0v) is 9.24. The zero-order valence-electron chi connectivity index (χ0n) is 6.90. The molecule has 0 fully saturated rings. The monoisotopic (exact) mass is 268 g/mol. The smallest absolute Gasteiger partial charge is 0.205 e. The maximum absolute atomic E-state index is 12.8. The lowest BCUT2D eigenvalue weighted by molar-refractivity contribution is 0.0169. The number of hydrogen-bond acceptors (Lipinski definition) is 0. The van der Waals surface area contributed by atoms with Gasteiger partial charge in [-0.1, -0.05) is 28.1 Å². The Hall–Kier alpha value is -0.150. The highest BCUT2D eigenvalue weighted by Gasteiger charge is 2.33. The van der Waals surface area contributed by atoms with E-state index in [9.17, 15) is 8.78 Å². The molecule has 4 heteroatoms. The molecule has 1 atom stereocenters. The Balaban J connectivity index is 2.96. The van der Waals surface area contributed by atoms with Gasteiger partial charge in [-0.15, -0.1) is 11.6 Å². The van der Waals surface area contributed by atoms with Gasteiger partial charge in [0.1, 0.15) is 5.38 Å². The second-order valence-corrected chi connectivity index (χ2v) is 4.23. The molecule has 0 radical (unpaired) electrons. The van der Waals surface area contributed by atoms with Crippen LogP contribution in [0.2, 0.25) is 0 Å². The molecular weight excluding hydrogens is 261 g/mol. The predicted molar refractivity (Wildman–Crippen MR) is 53.4 cm³/mol. The van der Waals surface area contributed by atoms with E-state index in [1.54, 1.807) is 24.3 Å². The number of halogens is 4. The van der Waals surface area contributed by atoms with Crippen LogP contribution in [0.3, 0.4) is 0 Å². The molecule has 0 saturated heterocycles. The molecule has 1 rings (SSSR count). The molecule has 0 amide bonds. The van der Waals surface area contributed by atoms with Crippen molar-refractivity contribution in [2.45, 2.75) is 18.2 Å². The molecule has 0 aliphatic heterocycles. The summed E-state index contributed by atoms with van der Waals surface area (Å²) < 4.78 is 26.3. The van der Waals surface area contributed by atoms with E-state index in [0.29, 0.717) is 5.56 Å². The molecule has 0 saturated carbocycles. The molecule has 0 aliphatic carbocycles. The molecule has 0 aromatic heterocycles. The lowest BCUT2D eigenvalue weighted by Gasteiger charge is -2.17. The third-order valence-electron chi connectivity index (χ3n) is 1.59. The van der Waals surface area contributed by atoms with Crippen LogP contribution in [-0.2, 0) is 0 Å². The highest BCUT2D eigenvalue weighted by atomic mass is 79.9. The van der Waals surface area contributed by atoms with Crippen molar-refractivity contribution in [1.82, 2.24) is 0 Å². The first-order valence-corrected chi connectivity index (χ1v) is 4.91. The number of rotatable bonds is 2. The first-order chi connectivity index (χ1) is 5.91. The molecule has 72 valence electrons. The van der Waals surface area contributed by atoms with Crippen LogP contribution < -0.4 is 0 Å². The molecule has 1 unspecified atom stereocenters. The molecule has 0 heterocycles. The van der Waals surface area contributed by atoms with Gasteiger partial charge in [-0.2, -0.15) is 0 Å². The predicted octanol–water partition coefficient (Wildman–Crippen LogP) is 4.38. The summed E-state index contributed by atoms with van der Waals surface area (Å²) in [5.41, 5.74) is 0.420. The van der Waals surface area contributed by atoms with E-state index in [1.165, 1.54) is 0 Å². The van der Waals surface area contributed by atoms with Crippen molar-refractivity contribution < 1.29 is 8.78 Å². The van der Waals surface area contributed by atoms with Crippen molar-refractivity contribution >= 4 is 27.5 Å². The molecule has 0 bridgehead atoms. The average molecular weight is 270 g/mol. The van der Waals surface area contributed by atoms with E-state index in [0.717, 1.165) is 11.4 Å². The van der Waals surface area contributed by atoms with Gasteiger partial charge in [-0.05, 0) is 17.7 Å². The highest BCUT2D eigenvalue weighted by Crippen LogP contribution is 2.36. The van der Waals surface area contributed by atoms with Crippen LogP contribution in [0.1, 0.15) is 17.9 Å². The van der Waals surface area contributed by atoms with E-state index in [4.69, 9.17) is 11.6 Å². The van der Waals surface area contributed by atoms with Crippen molar-refractivity contribution in [3.05, 3.63) is 34.3 Å². The second-order valence-electron chi connectivity index (χ2n) is 2.87. The SMILES string of the molecule is CC(F)(F)C(Cl)c1cccc(Br)c1. The first-order valence-electron chi connectivity index (χ1n) is 3.68. The molecule has 0 nitrogen and oxygen atoms in total. The molecule has 13 heavy (non-hydrogen) atoms. The normalized spacial score (nSPS) is 14.2. The van der Waals surface area contributed by atoms with Gasteiger partial charge in [-0.3, -0.25) is 0 Å². The fourth-order valence-electron chi connectivity index (χ4n) is 0.957. The molecule has 0 N–H and O–H groups in total. The number of hydrogen-bond donors (Lipinski definition) is 0. The van der Waals surface area contributed by atoms with E-state index in [2.05, 4.69) is 15.9 Å². The van der Waals surface area contributed by atoms with Gasteiger partial charge < -0.3 is 0 Å². The molecule has 0 aliphatic rings. The van der Waals surface area contributed by atoms with Crippen molar-refractivity contribution in [1.29, 1.82) is 0 Å². The van der Waals surface area contributed by atoms with Gasteiger partial charge in [0.15, 0.2) is 0 Å². The van der Waals surface area contributed by atoms with Crippen LogP contribution in [0, 0.1) is 0 Å². The Morgan fingerprint density at radius 2 is 2.08 bits per heavy atom. The van der Waals surface area contributed by atoms with Crippen LogP contribution in [0.15, 0.2) is 28.7 Å². The summed E-state index contributed by atoms with van der Waals surface area (Å²) in [6, 6.07) is 6.62. The Kier molecular flexibility index (Phi) is 3.30. The fourth-order valence-corrected chi connectivity index (χ4v) is 1.51. The van der Waals surface area contributed by atoms with Crippen molar-refractivity contribution in [3.63, 3.8) is 0 Å². The molecule has 1 aromatic carbocycles. The quantitative estimate of drug-likeness (QED) is 0.699. The van der Waals surface area contributed by atoms with E-state index in [-0.39, 0.29) is 0 Å². The van der Waals surface area contributed by atoms with Crippen molar-refractivity contribution in [2.75, 3.05) is 0 Å². The van der Waals surface area contributed by atoms with Gasteiger partial charge in [0.25, 0.3) is 5.92 Å². The summed E-state index contributed by atoms with van der Waals surface area (Å²) in [6.45, 7) is 0.811. The summed E-state index contributed by atoms with van der Waals surface area (Å²) in [6.07, 6.45) is 0. The molecule has 0 spiro atoms. The average Bonchev–Trinajstić information content (AvgIpc) is 2.01. The standard InChI is InChI=1S/C9H8BrClF2/c1-9(12,13)8(11)6-3-2-4-7(10)5-6/h2-5,8H,1H3. The lowest BCUT2D eigenvalue weighted by atomic mass is 10.1. The van der Waals surface area contributed by atoms with Crippen molar-refractivity contribution in [2.24, 2.45) is 0 Å². The summed E-state index contributed by atoms with van der Waals surface area (Å²) >= 11 is 8.78. The van der Waals surface area contributed by atoms with Gasteiger partial charge >= 0.3 is 0 Å². The zero-order chi connectivity index (χ0) is 10.1. The Morgan fingerprint density at radius 3 is 2.54 bits per heavy atom. The number of benzene rings is 1. The maximum atomic E-state index is 12.8. The van der Waals surface area contributed by atoms with Crippen molar-refractivity contribution in [3.8, 4) is 0 Å². The highest BCUT2D eigenvalue weighted by molar-refractivity contribution is 9.10. The topological polar surface area (TPSA) is 0 Å². The van der Waals surface area contributed by atoms with E-state index < -0.39 is 11.3 Å². The Morgan fingerprint density at radius 1 is 1.46 bits per heavy atom. The summed E-state index contributed by atoms with van der Waals surface area (Å²) in [5, 5.41) is -1.27. The lowest BCUT2D eigenvalue weighted by Crippen LogP contribution is -2.17.